The first-order chi connectivity index (χ1) is 57.4. The zero-order valence-corrected chi connectivity index (χ0v) is 66.7. The van der Waals surface area contributed by atoms with Crippen molar-refractivity contribution in [3.8, 4) is 11.5 Å². The van der Waals surface area contributed by atoms with E-state index < -0.39 is 237 Å². The number of nitrogens with zero attached hydrogens (tertiary/aromatic N) is 3. The molecule has 121 heavy (non-hydrogen) atoms. The number of phenolic OH excluding ortho intramolecular Hbond substituents is 2. The zero-order chi connectivity index (χ0) is 89.3. The van der Waals surface area contributed by atoms with Gasteiger partial charge in [0.1, 0.15) is 71.7 Å². The predicted molar refractivity (Wildman–Crippen MR) is 424 cm³/mol. The van der Waals surface area contributed by atoms with E-state index in [2.05, 4.69) is 74.4 Å². The molecule has 3 saturated heterocycles. The number of phenols is 2. The lowest BCUT2D eigenvalue weighted by Gasteiger charge is -2.30. The Bertz CT molecular complexity index is 3960. The van der Waals surface area contributed by atoms with E-state index in [-0.39, 0.29) is 167 Å². The summed E-state index contributed by atoms with van der Waals surface area (Å²) in [6.07, 6.45) is -5.06. The van der Waals surface area contributed by atoms with Crippen LogP contribution in [0.4, 0.5) is 0 Å². The first-order valence-corrected chi connectivity index (χ1v) is 39.4. The summed E-state index contributed by atoms with van der Waals surface area (Å²) in [5.74, 6) is -21.3. The number of carboxylic acids is 5. The molecular weight excluding hydrogens is 1590 g/mol. The van der Waals surface area contributed by atoms with Gasteiger partial charge in [-0.15, -0.1) is 0 Å². The highest BCUT2D eigenvalue weighted by atomic mass is 16.4. The van der Waals surface area contributed by atoms with Gasteiger partial charge in [-0.2, -0.15) is 0 Å². The maximum absolute atomic E-state index is 14.5. The quantitative estimate of drug-likeness (QED) is 0.0167. The highest BCUT2D eigenvalue weighted by Crippen LogP contribution is 2.20. The summed E-state index contributed by atoms with van der Waals surface area (Å²) in [5.41, 5.74) is 11.6. The highest BCUT2D eigenvalue weighted by Gasteiger charge is 2.38. The number of carboxylic acid groups (broad SMARTS) is 5. The van der Waals surface area contributed by atoms with Gasteiger partial charge in [0.05, 0.1) is 39.0 Å². The predicted octanol–water partition coefficient (Wildman–Crippen LogP) is -7.25. The van der Waals surface area contributed by atoms with Crippen LogP contribution in [0, 0.1) is 16.7 Å². The van der Waals surface area contributed by atoms with Crippen LogP contribution in [0.3, 0.4) is 0 Å². The normalized spacial score (nSPS) is 21.1. The van der Waals surface area contributed by atoms with Crippen molar-refractivity contribution < 1.29 is 122 Å². The number of amides is 12. The third kappa shape index (κ3) is 38.2. The molecular formula is C75H111N21O25. The van der Waals surface area contributed by atoms with Gasteiger partial charge in [0.2, 0.25) is 70.9 Å². The number of carbonyl (C=O) groups excluding carboxylic acids is 13. The summed E-state index contributed by atoms with van der Waals surface area (Å²) in [4.78, 5) is 247. The van der Waals surface area contributed by atoms with Crippen molar-refractivity contribution in [2.75, 3.05) is 91.6 Å². The van der Waals surface area contributed by atoms with Gasteiger partial charge in [-0.1, -0.05) is 24.3 Å². The first kappa shape index (κ1) is 98.7. The van der Waals surface area contributed by atoms with Crippen LogP contribution in [-0.4, -0.2) is 315 Å². The van der Waals surface area contributed by atoms with Gasteiger partial charge in [-0.3, -0.25) is 112 Å². The Kier molecular flexibility index (Phi) is 42.0. The Morgan fingerprint density at radius 1 is 0.413 bits per heavy atom. The van der Waals surface area contributed by atoms with Crippen molar-refractivity contribution >= 4 is 118 Å². The average Bonchev–Trinajstić information content (AvgIpc) is 1.83. The van der Waals surface area contributed by atoms with Crippen LogP contribution in [-0.2, 0) is 99.1 Å². The molecule has 0 aromatic heterocycles. The van der Waals surface area contributed by atoms with E-state index in [9.17, 15) is 122 Å². The van der Waals surface area contributed by atoms with Gasteiger partial charge in [0.25, 0.3) is 0 Å². The molecule has 46 heteroatoms. The van der Waals surface area contributed by atoms with Crippen molar-refractivity contribution in [2.45, 2.75) is 176 Å². The van der Waals surface area contributed by atoms with Crippen LogP contribution >= 0.6 is 0 Å². The number of aromatic hydroxyl groups is 2. The molecule has 0 spiro atoms. The van der Waals surface area contributed by atoms with Gasteiger partial charge >= 0.3 is 29.8 Å². The molecule has 666 valence electrons. The minimum absolute atomic E-state index is 0.00394. The molecule has 10 atom stereocenters. The fraction of sp³-hybridized carbons (Fsp3) is 0.573. The molecule has 12 amide bonds. The number of benzene rings is 2. The van der Waals surface area contributed by atoms with Crippen LogP contribution in [0.25, 0.3) is 0 Å². The SMILES string of the molecule is N=C(N)NCCC[C@@H]1NC(=O)[C@H](CCCCNC(=O)CC[C@@H](CC(=O)CCC(C(=O)O)N2CCN(CC(=O)O)CCN(CC(=O)O)CC2)C(=O)NCCCC[C@H]2NC(=O)[C@H](Cc3ccc(O)cc3)NC(=O)[C@@H](CC(=O)O)NC(=O)CNC(=O)[C@@H](CCCNC(=N)N)NC2=O)NC(=O)[C@@H](Cc2ccc(O)cc2)NC(=O)[C@H](CC(=O)O)NC(=O)CNC1=O. The molecule has 3 aliphatic heterocycles. The number of hydrogen-bond acceptors (Lipinski definition) is 25. The summed E-state index contributed by atoms with van der Waals surface area (Å²) in [6.45, 7) is -2.34. The Balaban J connectivity index is 1.40. The fourth-order valence-electron chi connectivity index (χ4n) is 13.3. The minimum atomic E-state index is -1.80. The van der Waals surface area contributed by atoms with E-state index in [4.69, 9.17) is 22.3 Å². The average molecular weight is 1710 g/mol. The highest BCUT2D eigenvalue weighted by molar-refractivity contribution is 6.00. The summed E-state index contributed by atoms with van der Waals surface area (Å²) >= 11 is 0. The number of ketones is 1. The molecule has 3 aliphatic rings. The Hall–Kier alpha value is -12.9. The fourth-order valence-corrected chi connectivity index (χ4v) is 13.3. The van der Waals surface area contributed by atoms with E-state index in [1.165, 1.54) is 63.2 Å². The number of nitrogens with two attached hydrogens (primary N) is 2. The second-order valence-electron chi connectivity index (χ2n) is 29.3. The topological polar surface area (TPSA) is 727 Å². The Morgan fingerprint density at radius 2 is 0.769 bits per heavy atom. The van der Waals surface area contributed by atoms with Crippen molar-refractivity contribution in [3.63, 3.8) is 0 Å². The summed E-state index contributed by atoms with van der Waals surface area (Å²) in [6, 6.07) is -3.17. The van der Waals surface area contributed by atoms with E-state index in [0.717, 1.165) is 0 Å². The summed E-state index contributed by atoms with van der Waals surface area (Å²) < 4.78 is 0. The second-order valence-corrected chi connectivity index (χ2v) is 29.3. The molecule has 0 bridgehead atoms. The van der Waals surface area contributed by atoms with Gasteiger partial charge in [-0.05, 0) is 112 Å². The van der Waals surface area contributed by atoms with Gasteiger partial charge < -0.3 is 122 Å². The van der Waals surface area contributed by atoms with Crippen LogP contribution in [0.2, 0.25) is 0 Å². The van der Waals surface area contributed by atoms with E-state index in [0.29, 0.717) is 11.1 Å². The lowest BCUT2D eigenvalue weighted by molar-refractivity contribution is -0.145. The summed E-state index contributed by atoms with van der Waals surface area (Å²) in [7, 11) is 0. The van der Waals surface area contributed by atoms with E-state index >= 15 is 0 Å². The monoisotopic (exact) mass is 1710 g/mol. The molecule has 2 aromatic carbocycles. The smallest absolute Gasteiger partial charge is 0.320 e. The lowest BCUT2D eigenvalue weighted by Crippen LogP contribution is -2.58. The number of aliphatic carboxylic acids is 5. The van der Waals surface area contributed by atoms with Crippen LogP contribution < -0.4 is 85.9 Å². The number of Topliss-reactive ketones (excluding diaryl/α,β-unsaturated/α-hetero) is 1. The molecule has 27 N–H and O–H groups in total. The number of unbranched alkanes of at least 4 members (excludes halogenated alkanes) is 2. The summed E-state index contributed by atoms with van der Waals surface area (Å²) in [5, 5.41) is 119. The third-order valence-corrected chi connectivity index (χ3v) is 19.7. The number of hydrogen-bond donors (Lipinski definition) is 25. The van der Waals surface area contributed by atoms with Crippen molar-refractivity contribution in [1.82, 2.24) is 89.1 Å². The van der Waals surface area contributed by atoms with Crippen LogP contribution in [0.5, 0.6) is 11.5 Å². The Morgan fingerprint density at radius 3 is 1.16 bits per heavy atom. The molecule has 3 heterocycles. The van der Waals surface area contributed by atoms with Gasteiger partial charge in [-0.25, -0.2) is 0 Å². The maximum Gasteiger partial charge on any atom is 0.320 e. The van der Waals surface area contributed by atoms with Crippen molar-refractivity contribution in [2.24, 2.45) is 17.4 Å². The lowest BCUT2D eigenvalue weighted by atomic mass is 9.93. The number of rotatable bonds is 41. The molecule has 46 nitrogen and oxygen atoms in total. The van der Waals surface area contributed by atoms with Crippen molar-refractivity contribution in [3.05, 3.63) is 59.7 Å². The van der Waals surface area contributed by atoms with E-state index in [1.54, 1.807) is 0 Å². The number of carbonyl (C=O) groups is 18. The molecule has 3 fully saturated rings. The molecule has 0 radical (unpaired) electrons. The van der Waals surface area contributed by atoms with Crippen molar-refractivity contribution in [1.29, 1.82) is 10.8 Å². The maximum atomic E-state index is 14.5. The number of guanidine groups is 2. The molecule has 0 aliphatic carbocycles. The number of nitrogens with one attached hydrogen (secondary N) is 16. The van der Waals surface area contributed by atoms with Crippen LogP contribution in [0.1, 0.15) is 120 Å². The Labute approximate surface area is 694 Å². The third-order valence-electron chi connectivity index (χ3n) is 19.7. The largest absolute Gasteiger partial charge is 0.508 e. The first-order valence-electron chi connectivity index (χ1n) is 39.4. The molecule has 1 unspecified atom stereocenters. The van der Waals surface area contributed by atoms with E-state index in [1.807, 2.05) is 0 Å². The molecule has 2 aromatic rings. The molecule has 0 saturated carbocycles. The minimum Gasteiger partial charge on any atom is -0.508 e. The van der Waals surface area contributed by atoms with Gasteiger partial charge in [0.15, 0.2) is 11.9 Å². The second kappa shape index (κ2) is 51.5. The van der Waals surface area contributed by atoms with Crippen LogP contribution in [0.15, 0.2) is 48.5 Å². The van der Waals surface area contributed by atoms with Gasteiger partial charge in [0, 0.05) is 103 Å². The molecule has 5 rings (SSSR count). The standard InChI is InChI=1S/C75H111N21O25/c76-74(77)82-25-5-9-48-65(112)84-38-58(101)86-54(36-60(103)104)71(118)92-52(33-42-11-16-45(97)17-12-42)69(116)90-50(67(114)88-48)7-1-3-23-80-57(100)22-15-44(35-47(99)20-21-56(73(120)121)96-31-29-94(40-62(107)108)27-28-95(30-32-96)41-63(109)110)64(111)81-24-4-2-8-51-68(115)89-49(10-6-26-83-75(78)79)66(113)85-39-59(102)87-55(37-61(105)106)72(119)93-53(70(117)91-51)34-43-13-18-46(98)19-14-43/h11-14,16-19,44,48-56,97-98H,1-10,15,20-41H2,(H,80,100)(H,81,111)(H,84,112)(H,85,113)(H,86,101)(H,87,102)(H,88,114)(H,89,115)(H,90,116)(H,91,117)(H,92,118)(H,93,119)(H,103,104)(H,105,106)(H,107,108)(H,109,110)(H,120,121)(H4,76,77,82)(H4,78,79,83)/t44-,48-,49+,50-,51+,52+,53-,54-,55+,56?/m0/s1. The zero-order valence-electron chi connectivity index (χ0n) is 66.7.